The van der Waals surface area contributed by atoms with Crippen molar-refractivity contribution >= 4 is 11.8 Å². The molecule has 5 nitrogen and oxygen atoms in total. The van der Waals surface area contributed by atoms with Gasteiger partial charge in [-0.3, -0.25) is 9.59 Å². The van der Waals surface area contributed by atoms with Crippen molar-refractivity contribution < 1.29 is 18.3 Å². The number of pyridine rings is 1. The van der Waals surface area contributed by atoms with E-state index in [1.807, 2.05) is 0 Å². The summed E-state index contributed by atoms with van der Waals surface area (Å²) in [7, 11) is 0. The van der Waals surface area contributed by atoms with Gasteiger partial charge in [-0.1, -0.05) is 0 Å². The Balaban J connectivity index is 3.10. The second-order valence-electron chi connectivity index (χ2n) is 3.25. The quantitative estimate of drug-likeness (QED) is 0.776. The molecular weight excluding hydrogens is 234 g/mol. The van der Waals surface area contributed by atoms with E-state index in [1.54, 1.807) is 6.92 Å². The molecule has 0 fully saturated rings. The van der Waals surface area contributed by atoms with E-state index in [0.717, 1.165) is 6.20 Å². The Bertz CT molecular complexity index is 471. The second kappa shape index (κ2) is 5.42. The average molecular weight is 246 g/mol. The molecule has 0 amide bonds. The number of nitrogen functional groups attached to an aromatic ring is 1. The van der Waals surface area contributed by atoms with Crippen molar-refractivity contribution in [3.05, 3.63) is 27.5 Å². The number of aromatic nitrogens is 1. The summed E-state index contributed by atoms with van der Waals surface area (Å²) >= 11 is 0. The third kappa shape index (κ3) is 3.02. The molecule has 1 aromatic rings. The highest BCUT2D eigenvalue weighted by Gasteiger charge is 2.19. The normalized spacial score (nSPS) is 10.6. The molecule has 0 bridgehead atoms. The highest BCUT2D eigenvalue weighted by atomic mass is 19.3. The van der Waals surface area contributed by atoms with Crippen LogP contribution < -0.4 is 11.2 Å². The Kier molecular flexibility index (Phi) is 4.19. The number of esters is 1. The molecular formula is C10H12F2N2O3. The molecule has 0 aliphatic carbocycles. The Morgan fingerprint density at radius 1 is 1.59 bits per heavy atom. The summed E-state index contributed by atoms with van der Waals surface area (Å²) in [5.41, 5.74) is 3.60. The summed E-state index contributed by atoms with van der Waals surface area (Å²) in [4.78, 5) is 25.1. The zero-order valence-corrected chi connectivity index (χ0v) is 9.13. The van der Waals surface area contributed by atoms with E-state index in [1.165, 1.54) is 0 Å². The lowest BCUT2D eigenvalue weighted by Gasteiger charge is -2.07. The molecule has 0 radical (unpaired) electrons. The lowest BCUT2D eigenvalue weighted by molar-refractivity contribution is -0.142. The van der Waals surface area contributed by atoms with E-state index in [2.05, 4.69) is 9.72 Å². The van der Waals surface area contributed by atoms with Crippen LogP contribution in [-0.4, -0.2) is 17.6 Å². The van der Waals surface area contributed by atoms with Gasteiger partial charge in [-0.05, 0) is 6.92 Å². The molecule has 0 atom stereocenters. The van der Waals surface area contributed by atoms with Crippen molar-refractivity contribution in [3.8, 4) is 0 Å². The molecule has 1 heterocycles. The number of ether oxygens (including phenoxy) is 1. The van der Waals surface area contributed by atoms with Gasteiger partial charge in [0.25, 0.3) is 6.43 Å². The van der Waals surface area contributed by atoms with Crippen molar-refractivity contribution in [2.75, 3.05) is 12.3 Å². The summed E-state index contributed by atoms with van der Waals surface area (Å²) in [5.74, 6) is -0.788. The number of halogens is 2. The van der Waals surface area contributed by atoms with Gasteiger partial charge in [0.1, 0.15) is 5.82 Å². The summed E-state index contributed by atoms with van der Waals surface area (Å²) < 4.78 is 29.5. The van der Waals surface area contributed by atoms with Crippen LogP contribution in [-0.2, 0) is 16.0 Å². The van der Waals surface area contributed by atoms with Crippen LogP contribution in [0.15, 0.2) is 11.0 Å². The van der Waals surface area contributed by atoms with Gasteiger partial charge < -0.3 is 15.5 Å². The molecule has 0 aliphatic heterocycles. The van der Waals surface area contributed by atoms with E-state index in [9.17, 15) is 18.4 Å². The molecule has 0 spiro atoms. The maximum absolute atomic E-state index is 12.4. The minimum absolute atomic E-state index is 0.104. The SMILES string of the molecule is CCOC(=O)Cc1c(N)[nH]cc(C(F)F)c1=O. The van der Waals surface area contributed by atoms with E-state index in [4.69, 9.17) is 5.73 Å². The van der Waals surface area contributed by atoms with Gasteiger partial charge in [0.05, 0.1) is 24.2 Å². The number of aromatic amines is 1. The van der Waals surface area contributed by atoms with Gasteiger partial charge in [-0.15, -0.1) is 0 Å². The third-order valence-electron chi connectivity index (χ3n) is 2.11. The van der Waals surface area contributed by atoms with E-state index < -0.39 is 29.8 Å². The largest absolute Gasteiger partial charge is 0.466 e. The van der Waals surface area contributed by atoms with Gasteiger partial charge >= 0.3 is 5.97 Å². The zero-order valence-electron chi connectivity index (χ0n) is 9.13. The molecule has 3 N–H and O–H groups in total. The Morgan fingerprint density at radius 2 is 2.24 bits per heavy atom. The number of nitrogens with one attached hydrogen (secondary N) is 1. The smallest absolute Gasteiger partial charge is 0.310 e. The number of carbonyl (C=O) groups excluding carboxylic acids is 1. The summed E-state index contributed by atoms with van der Waals surface area (Å²) in [6.45, 7) is 1.74. The Hall–Kier alpha value is -1.92. The molecule has 1 aromatic heterocycles. The van der Waals surface area contributed by atoms with Gasteiger partial charge in [-0.25, -0.2) is 8.78 Å². The molecule has 0 unspecified atom stereocenters. The number of alkyl halides is 2. The number of anilines is 1. The van der Waals surface area contributed by atoms with Crippen LogP contribution in [0.25, 0.3) is 0 Å². The van der Waals surface area contributed by atoms with Crippen molar-refractivity contribution in [1.82, 2.24) is 4.98 Å². The highest BCUT2D eigenvalue weighted by molar-refractivity contribution is 5.74. The van der Waals surface area contributed by atoms with Crippen LogP contribution in [0.5, 0.6) is 0 Å². The van der Waals surface area contributed by atoms with Crippen molar-refractivity contribution in [1.29, 1.82) is 0 Å². The van der Waals surface area contributed by atoms with Crippen molar-refractivity contribution in [2.24, 2.45) is 0 Å². The monoisotopic (exact) mass is 246 g/mol. The van der Waals surface area contributed by atoms with Crippen LogP contribution in [0, 0.1) is 0 Å². The number of nitrogens with two attached hydrogens (primary N) is 1. The molecule has 7 heteroatoms. The molecule has 94 valence electrons. The van der Waals surface area contributed by atoms with Gasteiger partial charge in [0.2, 0.25) is 0 Å². The maximum Gasteiger partial charge on any atom is 0.310 e. The first-order valence-electron chi connectivity index (χ1n) is 4.91. The topological polar surface area (TPSA) is 85.2 Å². The van der Waals surface area contributed by atoms with Crippen LogP contribution in [0.2, 0.25) is 0 Å². The first kappa shape index (κ1) is 13.1. The summed E-state index contributed by atoms with van der Waals surface area (Å²) in [6, 6.07) is 0. The summed E-state index contributed by atoms with van der Waals surface area (Å²) in [5, 5.41) is 0. The predicted molar refractivity (Wildman–Crippen MR) is 56.8 cm³/mol. The van der Waals surface area contributed by atoms with Crippen LogP contribution in [0.3, 0.4) is 0 Å². The third-order valence-corrected chi connectivity index (χ3v) is 2.11. The minimum atomic E-state index is -2.92. The number of hydrogen-bond donors (Lipinski definition) is 2. The zero-order chi connectivity index (χ0) is 13.0. The molecule has 17 heavy (non-hydrogen) atoms. The standard InChI is InChI=1S/C10H12F2N2O3/c1-2-17-7(15)3-5-8(16)6(9(11)12)4-14-10(5)13/h4,9H,2-3H2,1H3,(H3,13,14,16). The molecule has 0 saturated heterocycles. The molecule has 0 aromatic carbocycles. The molecule has 1 rings (SSSR count). The molecule has 0 aliphatic rings. The number of rotatable bonds is 4. The Labute approximate surface area is 95.6 Å². The first-order valence-corrected chi connectivity index (χ1v) is 4.91. The van der Waals surface area contributed by atoms with Gasteiger partial charge in [0, 0.05) is 6.20 Å². The fourth-order valence-electron chi connectivity index (χ4n) is 1.30. The lowest BCUT2D eigenvalue weighted by atomic mass is 10.1. The van der Waals surface area contributed by atoms with Gasteiger partial charge in [0.15, 0.2) is 5.43 Å². The number of hydrogen-bond acceptors (Lipinski definition) is 4. The lowest BCUT2D eigenvalue weighted by Crippen LogP contribution is -2.22. The fourth-order valence-corrected chi connectivity index (χ4v) is 1.30. The highest BCUT2D eigenvalue weighted by Crippen LogP contribution is 2.16. The first-order chi connectivity index (χ1) is 7.97. The van der Waals surface area contributed by atoms with Crippen molar-refractivity contribution in [3.63, 3.8) is 0 Å². The molecule has 0 saturated carbocycles. The number of carbonyl (C=O) groups is 1. The second-order valence-corrected chi connectivity index (χ2v) is 3.25. The van der Waals surface area contributed by atoms with Crippen LogP contribution in [0.4, 0.5) is 14.6 Å². The maximum atomic E-state index is 12.4. The fraction of sp³-hybridized carbons (Fsp3) is 0.400. The minimum Gasteiger partial charge on any atom is -0.466 e. The van der Waals surface area contributed by atoms with Crippen molar-refractivity contribution in [2.45, 2.75) is 19.8 Å². The van der Waals surface area contributed by atoms with Gasteiger partial charge in [-0.2, -0.15) is 0 Å². The average Bonchev–Trinajstić information content (AvgIpc) is 2.24. The van der Waals surface area contributed by atoms with Crippen LogP contribution >= 0.6 is 0 Å². The predicted octanol–water partition coefficient (Wildman–Crippen LogP) is 1.00. The Morgan fingerprint density at radius 3 is 2.76 bits per heavy atom. The van der Waals surface area contributed by atoms with E-state index in [-0.39, 0.29) is 18.0 Å². The van der Waals surface area contributed by atoms with E-state index >= 15 is 0 Å². The van der Waals surface area contributed by atoms with E-state index in [0.29, 0.717) is 0 Å². The number of H-pyrrole nitrogens is 1. The summed E-state index contributed by atoms with van der Waals surface area (Å²) in [6.07, 6.45) is -2.49. The van der Waals surface area contributed by atoms with Crippen LogP contribution in [0.1, 0.15) is 24.5 Å².